The fourth-order valence-corrected chi connectivity index (χ4v) is 9.89. The van der Waals surface area contributed by atoms with Crippen molar-refractivity contribution < 1.29 is 41.7 Å². The third-order valence-electron chi connectivity index (χ3n) is 11.9. The van der Waals surface area contributed by atoms with Crippen LogP contribution in [-0.2, 0) is 19.3 Å². The molecule has 0 saturated heterocycles. The normalized spacial score (nSPS) is 12.3. The van der Waals surface area contributed by atoms with Gasteiger partial charge in [0.15, 0.2) is 0 Å². The van der Waals surface area contributed by atoms with E-state index in [1.165, 1.54) is 0 Å². The van der Waals surface area contributed by atoms with Gasteiger partial charge in [0.2, 0.25) is 0 Å². The van der Waals surface area contributed by atoms with Crippen molar-refractivity contribution in [2.45, 2.75) is 19.3 Å². The van der Waals surface area contributed by atoms with Crippen molar-refractivity contribution in [1.29, 1.82) is 0 Å². The lowest BCUT2D eigenvalue weighted by Gasteiger charge is -2.16. The maximum absolute atomic E-state index is 7.26. The molecule has 9 aromatic rings. The van der Waals surface area contributed by atoms with Crippen LogP contribution >= 0.6 is 47.8 Å². The van der Waals surface area contributed by atoms with E-state index >= 15 is 0 Å². The largest absolute Gasteiger partial charge is 0.496 e. The highest BCUT2D eigenvalue weighted by molar-refractivity contribution is 9.11. The first kappa shape index (κ1) is 41.2. The summed E-state index contributed by atoms with van der Waals surface area (Å²) in [4.78, 5) is 0. The lowest BCUT2D eigenvalue weighted by atomic mass is 9.92. The summed E-state index contributed by atoms with van der Waals surface area (Å²) in [5, 5.41) is 2.37. The maximum atomic E-state index is 7.26. The van der Waals surface area contributed by atoms with Crippen molar-refractivity contribution in [3.8, 4) is 67.9 Å². The van der Waals surface area contributed by atoms with Crippen LogP contribution < -0.4 is 28.4 Å². The molecule has 63 heavy (non-hydrogen) atoms. The molecule has 0 radical (unpaired) electrons. The van der Waals surface area contributed by atoms with Crippen molar-refractivity contribution in [2.75, 3.05) is 42.7 Å². The molecule has 318 valence electrons. The van der Waals surface area contributed by atoms with Crippen LogP contribution in [0.5, 0.6) is 34.5 Å². The molecule has 0 N–H and O–H groups in total. The van der Waals surface area contributed by atoms with Gasteiger partial charge in [-0.1, -0.05) is 84.2 Å². The first-order chi connectivity index (χ1) is 30.7. The molecule has 1 aliphatic heterocycles. The minimum atomic E-state index is 0.264. The van der Waals surface area contributed by atoms with Crippen LogP contribution in [0.1, 0.15) is 34.0 Å². The molecule has 0 spiro atoms. The van der Waals surface area contributed by atoms with Gasteiger partial charge in [-0.2, -0.15) is 0 Å². The van der Waals surface area contributed by atoms with Crippen LogP contribution in [0.2, 0.25) is 0 Å². The zero-order valence-electron chi connectivity index (χ0n) is 35.1. The molecule has 0 atom stereocenters. The fourth-order valence-electron chi connectivity index (χ4n) is 9.10. The van der Waals surface area contributed by atoms with Gasteiger partial charge in [0, 0.05) is 77.8 Å². The quantitative estimate of drug-likeness (QED) is 0.140. The number of hydrogen-bond acceptors (Lipinski definition) is 9. The van der Waals surface area contributed by atoms with Gasteiger partial charge < -0.3 is 41.7 Å². The van der Waals surface area contributed by atoms with E-state index in [9.17, 15) is 0 Å². The SMILES string of the molecule is COc1cc(OC)c2c(-c3ccc(Br)cc3)c3oc2c1Cc1oc2c(c(OC)cc(OC)c2c1-c1ccc(Br)cc1)Cc1c(OC)cc(OC)c2c(-c4ccc(Br)cc4)c(oc12)C3. The van der Waals surface area contributed by atoms with Crippen LogP contribution in [0.15, 0.2) is 118 Å². The number of fused-ring (bicyclic) bond motifs is 3. The lowest BCUT2D eigenvalue weighted by Crippen LogP contribution is -2.00. The minimum Gasteiger partial charge on any atom is -0.496 e. The predicted molar refractivity (Wildman–Crippen MR) is 256 cm³/mol. The Kier molecular flexibility index (Phi) is 10.7. The molecular formula is C51H39Br3O9. The van der Waals surface area contributed by atoms with Crippen LogP contribution in [0.4, 0.5) is 0 Å². The van der Waals surface area contributed by atoms with Crippen molar-refractivity contribution in [3.63, 3.8) is 0 Å². The van der Waals surface area contributed by atoms with Gasteiger partial charge in [-0.25, -0.2) is 0 Å². The monoisotopic (exact) mass is 1030 g/mol. The first-order valence-electron chi connectivity index (χ1n) is 20.0. The standard InChI is InChI=1S/C51H39Br3O9/c1-55-34-21-37(58-4)46-43(25-7-13-28(52)14-8-25)40-20-33-36(57-3)23-39(60-6)48-45(27-11-17-30(54)18-12-27)42(63-51(33)48)24-41-44(26-9-15-29(53)16-10-26)47-38(59-5)22-35(56-2)32(50(47)62-41)19-31(34)49(46)61-40/h7-18,21-23H,19-20,24H2,1-6H3. The number of rotatable bonds is 9. The Hall–Kier alpha value is -5.82. The van der Waals surface area contributed by atoms with Gasteiger partial charge in [0.1, 0.15) is 68.5 Å². The number of hydrogen-bond donors (Lipinski definition) is 0. The molecule has 6 bridgehead atoms. The Bertz CT molecular complexity index is 3230. The average molecular weight is 1040 g/mol. The molecule has 0 saturated carbocycles. The van der Waals surface area contributed by atoms with Crippen molar-refractivity contribution in [2.24, 2.45) is 0 Å². The van der Waals surface area contributed by atoms with E-state index in [2.05, 4.69) is 84.2 Å². The summed E-state index contributed by atoms with van der Waals surface area (Å²) >= 11 is 10.9. The van der Waals surface area contributed by atoms with E-state index in [1.807, 2.05) is 54.6 Å². The third-order valence-corrected chi connectivity index (χ3v) is 13.5. The van der Waals surface area contributed by atoms with Crippen LogP contribution in [0, 0.1) is 0 Å². The maximum Gasteiger partial charge on any atom is 0.146 e. The molecular weight excluding hydrogens is 996 g/mol. The molecule has 0 unspecified atom stereocenters. The van der Waals surface area contributed by atoms with E-state index in [-0.39, 0.29) is 12.8 Å². The summed E-state index contributed by atoms with van der Waals surface area (Å²) in [6.07, 6.45) is 0.851. The second kappa shape index (κ2) is 16.4. The zero-order chi connectivity index (χ0) is 43.7. The summed E-state index contributed by atoms with van der Waals surface area (Å²) < 4.78 is 61.7. The second-order valence-corrected chi connectivity index (χ2v) is 17.9. The molecule has 1 aliphatic rings. The highest BCUT2D eigenvalue weighted by atomic mass is 79.9. The second-order valence-electron chi connectivity index (χ2n) is 15.1. The average Bonchev–Trinajstić information content (AvgIpc) is 3.99. The summed E-state index contributed by atoms with van der Waals surface area (Å²) in [6.45, 7) is 0. The van der Waals surface area contributed by atoms with Crippen LogP contribution in [0.3, 0.4) is 0 Å². The molecule has 0 aliphatic carbocycles. The van der Waals surface area contributed by atoms with Gasteiger partial charge in [-0.05, 0) is 53.1 Å². The Labute approximate surface area is 388 Å². The van der Waals surface area contributed by atoms with E-state index in [0.29, 0.717) is 74.9 Å². The molecule has 9 nitrogen and oxygen atoms in total. The molecule has 0 fully saturated rings. The fraction of sp³-hybridized carbons (Fsp3) is 0.176. The van der Waals surface area contributed by atoms with E-state index < -0.39 is 0 Å². The van der Waals surface area contributed by atoms with E-state index in [4.69, 9.17) is 41.7 Å². The highest BCUT2D eigenvalue weighted by Crippen LogP contribution is 2.53. The van der Waals surface area contributed by atoms with E-state index in [1.54, 1.807) is 42.7 Å². The van der Waals surface area contributed by atoms with Crippen molar-refractivity contribution in [1.82, 2.24) is 0 Å². The van der Waals surface area contributed by atoms with Crippen LogP contribution in [-0.4, -0.2) is 42.7 Å². The number of furan rings is 3. The van der Waals surface area contributed by atoms with Crippen molar-refractivity contribution >= 4 is 80.7 Å². The van der Waals surface area contributed by atoms with Gasteiger partial charge in [0.25, 0.3) is 0 Å². The Balaban J connectivity index is 1.42. The lowest BCUT2D eigenvalue weighted by molar-refractivity contribution is 0.389. The molecule has 12 heteroatoms. The molecule has 10 rings (SSSR count). The van der Waals surface area contributed by atoms with Gasteiger partial charge in [0.05, 0.1) is 65.2 Å². The number of benzene rings is 6. The van der Waals surface area contributed by atoms with Gasteiger partial charge >= 0.3 is 0 Å². The Morgan fingerprint density at radius 1 is 0.349 bits per heavy atom. The molecule has 3 aromatic heterocycles. The third kappa shape index (κ3) is 6.76. The highest BCUT2D eigenvalue weighted by Gasteiger charge is 2.33. The summed E-state index contributed by atoms with van der Waals surface area (Å²) in [5.74, 6) is 5.53. The van der Waals surface area contributed by atoms with E-state index in [0.717, 1.165) is 79.6 Å². The van der Waals surface area contributed by atoms with Crippen molar-refractivity contribution in [3.05, 3.63) is 138 Å². The molecule has 0 amide bonds. The Morgan fingerprint density at radius 3 is 0.905 bits per heavy atom. The number of ether oxygens (including phenoxy) is 6. The smallest absolute Gasteiger partial charge is 0.146 e. The number of methoxy groups -OCH3 is 6. The van der Waals surface area contributed by atoms with Crippen LogP contribution in [0.25, 0.3) is 66.3 Å². The summed E-state index contributed by atoms with van der Waals surface area (Å²) in [6, 6.07) is 30.4. The zero-order valence-corrected chi connectivity index (χ0v) is 39.8. The summed E-state index contributed by atoms with van der Waals surface area (Å²) in [5.41, 5.74) is 9.52. The molecule has 4 heterocycles. The summed E-state index contributed by atoms with van der Waals surface area (Å²) in [7, 11) is 9.94. The number of halogens is 3. The Morgan fingerprint density at radius 2 is 0.619 bits per heavy atom. The molecule has 6 aromatic carbocycles. The van der Waals surface area contributed by atoms with Gasteiger partial charge in [-0.15, -0.1) is 0 Å². The minimum absolute atomic E-state index is 0.264. The van der Waals surface area contributed by atoms with Gasteiger partial charge in [-0.3, -0.25) is 0 Å². The predicted octanol–water partition coefficient (Wildman–Crippen LogP) is 14.4. The first-order valence-corrected chi connectivity index (χ1v) is 22.4. The topological polar surface area (TPSA) is 94.8 Å².